The van der Waals surface area contributed by atoms with E-state index in [1.807, 2.05) is 53.4 Å². The number of halogens is 1. The molecule has 2 aromatic rings. The SMILES string of the molecule is COc1ccccc1CC(=O)N1CCSC1c1cccc(Cl)c1. The van der Waals surface area contributed by atoms with Crippen molar-refractivity contribution in [3.8, 4) is 5.75 Å². The molecule has 1 unspecified atom stereocenters. The molecule has 0 bridgehead atoms. The Bertz CT molecular complexity index is 707. The third-order valence-electron chi connectivity index (χ3n) is 3.88. The molecule has 1 fully saturated rings. The van der Waals surface area contributed by atoms with Gasteiger partial charge in [-0.3, -0.25) is 4.79 Å². The molecule has 0 spiro atoms. The normalized spacial score (nSPS) is 17.3. The van der Waals surface area contributed by atoms with Gasteiger partial charge in [-0.2, -0.15) is 0 Å². The lowest BCUT2D eigenvalue weighted by molar-refractivity contribution is -0.130. The van der Waals surface area contributed by atoms with Gasteiger partial charge in [-0.1, -0.05) is 41.9 Å². The largest absolute Gasteiger partial charge is 0.496 e. The molecule has 3 nitrogen and oxygen atoms in total. The molecular weight excluding hydrogens is 330 g/mol. The van der Waals surface area contributed by atoms with E-state index in [-0.39, 0.29) is 11.3 Å². The number of carbonyl (C=O) groups excluding carboxylic acids is 1. The Hall–Kier alpha value is -1.65. The van der Waals surface area contributed by atoms with Crippen LogP contribution < -0.4 is 4.74 Å². The van der Waals surface area contributed by atoms with Crippen molar-refractivity contribution in [1.82, 2.24) is 4.90 Å². The van der Waals surface area contributed by atoms with E-state index in [1.54, 1.807) is 18.9 Å². The van der Waals surface area contributed by atoms with Crippen LogP contribution in [0.4, 0.5) is 0 Å². The van der Waals surface area contributed by atoms with E-state index in [0.717, 1.165) is 29.2 Å². The Morgan fingerprint density at radius 2 is 2.13 bits per heavy atom. The van der Waals surface area contributed by atoms with Crippen LogP contribution in [0.1, 0.15) is 16.5 Å². The van der Waals surface area contributed by atoms with Gasteiger partial charge >= 0.3 is 0 Å². The third kappa shape index (κ3) is 3.65. The number of rotatable bonds is 4. The summed E-state index contributed by atoms with van der Waals surface area (Å²) in [6, 6.07) is 15.4. The van der Waals surface area contributed by atoms with Crippen LogP contribution in [0.5, 0.6) is 5.75 Å². The number of ether oxygens (including phenoxy) is 1. The zero-order chi connectivity index (χ0) is 16.2. The fourth-order valence-electron chi connectivity index (χ4n) is 2.78. The van der Waals surface area contributed by atoms with Gasteiger partial charge in [0.05, 0.1) is 13.5 Å². The second-order valence-corrected chi connectivity index (χ2v) is 6.98. The zero-order valence-electron chi connectivity index (χ0n) is 12.9. The van der Waals surface area contributed by atoms with Crippen molar-refractivity contribution in [2.24, 2.45) is 0 Å². The molecule has 23 heavy (non-hydrogen) atoms. The van der Waals surface area contributed by atoms with Gasteiger partial charge in [0.25, 0.3) is 0 Å². The predicted octanol–water partition coefficient (Wildman–Crippen LogP) is 4.17. The summed E-state index contributed by atoms with van der Waals surface area (Å²) in [6.07, 6.45) is 0.349. The van der Waals surface area contributed by atoms with E-state index in [0.29, 0.717) is 11.4 Å². The smallest absolute Gasteiger partial charge is 0.228 e. The maximum absolute atomic E-state index is 12.8. The zero-order valence-corrected chi connectivity index (χ0v) is 14.4. The van der Waals surface area contributed by atoms with E-state index in [9.17, 15) is 4.79 Å². The third-order valence-corrected chi connectivity index (χ3v) is 5.38. The van der Waals surface area contributed by atoms with Gasteiger partial charge in [0.1, 0.15) is 11.1 Å². The highest BCUT2D eigenvalue weighted by Gasteiger charge is 2.30. The molecule has 1 amide bonds. The topological polar surface area (TPSA) is 29.5 Å². The summed E-state index contributed by atoms with van der Waals surface area (Å²) in [6.45, 7) is 0.760. The minimum absolute atomic E-state index is 0.0379. The summed E-state index contributed by atoms with van der Waals surface area (Å²) in [7, 11) is 1.63. The molecular formula is C18H18ClNO2S. The highest BCUT2D eigenvalue weighted by atomic mass is 35.5. The van der Waals surface area contributed by atoms with E-state index in [1.165, 1.54) is 0 Å². The molecule has 0 saturated carbocycles. The van der Waals surface area contributed by atoms with Gasteiger partial charge in [-0.15, -0.1) is 11.8 Å². The fourth-order valence-corrected chi connectivity index (χ4v) is 4.24. The number of hydrogen-bond acceptors (Lipinski definition) is 3. The molecule has 0 aliphatic carbocycles. The first kappa shape index (κ1) is 16.2. The van der Waals surface area contributed by atoms with Crippen LogP contribution in [0.15, 0.2) is 48.5 Å². The van der Waals surface area contributed by atoms with Crippen molar-refractivity contribution >= 4 is 29.3 Å². The first-order valence-electron chi connectivity index (χ1n) is 7.47. The quantitative estimate of drug-likeness (QED) is 0.831. The lowest BCUT2D eigenvalue weighted by atomic mass is 10.1. The molecule has 5 heteroatoms. The van der Waals surface area contributed by atoms with Gasteiger partial charge in [0, 0.05) is 22.9 Å². The van der Waals surface area contributed by atoms with Crippen LogP contribution in [0.2, 0.25) is 5.02 Å². The summed E-state index contributed by atoms with van der Waals surface area (Å²) >= 11 is 7.87. The van der Waals surface area contributed by atoms with Crippen LogP contribution in [0, 0.1) is 0 Å². The molecule has 0 N–H and O–H groups in total. The summed E-state index contributed by atoms with van der Waals surface area (Å²) < 4.78 is 5.34. The molecule has 3 rings (SSSR count). The molecule has 1 saturated heterocycles. The Kier molecular flexibility index (Phi) is 5.13. The summed E-state index contributed by atoms with van der Waals surface area (Å²) in [5, 5.41) is 0.739. The number of carbonyl (C=O) groups is 1. The highest BCUT2D eigenvalue weighted by Crippen LogP contribution is 2.39. The lowest BCUT2D eigenvalue weighted by Gasteiger charge is -2.24. The van der Waals surface area contributed by atoms with Crippen LogP contribution in [-0.4, -0.2) is 30.2 Å². The van der Waals surface area contributed by atoms with Crippen molar-refractivity contribution in [2.75, 3.05) is 19.4 Å². The average molecular weight is 348 g/mol. The number of hydrogen-bond donors (Lipinski definition) is 0. The van der Waals surface area contributed by atoms with Gasteiger partial charge < -0.3 is 9.64 Å². The van der Waals surface area contributed by atoms with Gasteiger partial charge in [0.2, 0.25) is 5.91 Å². The highest BCUT2D eigenvalue weighted by molar-refractivity contribution is 7.99. The first-order chi connectivity index (χ1) is 11.2. The number of para-hydroxylation sites is 1. The molecule has 1 aliphatic rings. The van der Waals surface area contributed by atoms with Crippen molar-refractivity contribution in [3.63, 3.8) is 0 Å². The maximum Gasteiger partial charge on any atom is 0.228 e. The summed E-state index contributed by atoms with van der Waals surface area (Å²) in [5.74, 6) is 1.81. The van der Waals surface area contributed by atoms with Crippen LogP contribution >= 0.6 is 23.4 Å². The van der Waals surface area contributed by atoms with Crippen LogP contribution in [0.25, 0.3) is 0 Å². The Labute approximate surface area is 145 Å². The summed E-state index contributed by atoms with van der Waals surface area (Å²) in [4.78, 5) is 14.7. The minimum atomic E-state index is 0.0379. The van der Waals surface area contributed by atoms with Crippen molar-refractivity contribution in [1.29, 1.82) is 0 Å². The van der Waals surface area contributed by atoms with Crippen LogP contribution in [0.3, 0.4) is 0 Å². The monoisotopic (exact) mass is 347 g/mol. The van der Waals surface area contributed by atoms with E-state index >= 15 is 0 Å². The minimum Gasteiger partial charge on any atom is -0.496 e. The lowest BCUT2D eigenvalue weighted by Crippen LogP contribution is -2.31. The van der Waals surface area contributed by atoms with Gasteiger partial charge in [-0.05, 0) is 23.8 Å². The van der Waals surface area contributed by atoms with Crippen LogP contribution in [-0.2, 0) is 11.2 Å². The number of benzene rings is 2. The van der Waals surface area contributed by atoms with Crippen molar-refractivity contribution in [2.45, 2.75) is 11.8 Å². The Balaban J connectivity index is 1.78. The van der Waals surface area contributed by atoms with Crippen molar-refractivity contribution in [3.05, 3.63) is 64.7 Å². The molecule has 1 aliphatic heterocycles. The molecule has 120 valence electrons. The van der Waals surface area contributed by atoms with Crippen molar-refractivity contribution < 1.29 is 9.53 Å². The van der Waals surface area contributed by atoms with E-state index in [2.05, 4.69) is 0 Å². The van der Waals surface area contributed by atoms with E-state index in [4.69, 9.17) is 16.3 Å². The molecule has 0 aromatic heterocycles. The molecule has 0 radical (unpaired) electrons. The van der Waals surface area contributed by atoms with Gasteiger partial charge in [0.15, 0.2) is 0 Å². The molecule has 2 aromatic carbocycles. The predicted molar refractivity (Wildman–Crippen MR) is 95.1 cm³/mol. The molecule has 1 atom stereocenters. The molecule has 1 heterocycles. The number of thioether (sulfide) groups is 1. The number of nitrogens with zero attached hydrogens (tertiary/aromatic N) is 1. The second-order valence-electron chi connectivity index (χ2n) is 5.35. The fraction of sp³-hybridized carbons (Fsp3) is 0.278. The average Bonchev–Trinajstić information content (AvgIpc) is 3.05. The summed E-state index contributed by atoms with van der Waals surface area (Å²) in [5.41, 5.74) is 2.00. The Morgan fingerprint density at radius 3 is 2.91 bits per heavy atom. The Morgan fingerprint density at radius 1 is 1.30 bits per heavy atom. The number of methoxy groups -OCH3 is 1. The number of amides is 1. The standard InChI is InChI=1S/C18H18ClNO2S/c1-22-16-8-3-2-5-13(16)12-17(21)20-9-10-23-18(20)14-6-4-7-15(19)11-14/h2-8,11,18H,9-10,12H2,1H3. The second kappa shape index (κ2) is 7.28. The van der Waals surface area contributed by atoms with E-state index < -0.39 is 0 Å². The van der Waals surface area contributed by atoms with Gasteiger partial charge in [-0.25, -0.2) is 0 Å². The first-order valence-corrected chi connectivity index (χ1v) is 8.90. The maximum atomic E-state index is 12.8.